The summed E-state index contributed by atoms with van der Waals surface area (Å²) in [7, 11) is 0. The lowest BCUT2D eigenvalue weighted by molar-refractivity contribution is -0.542. The summed E-state index contributed by atoms with van der Waals surface area (Å²) in [5.41, 5.74) is 12.1. The van der Waals surface area contributed by atoms with E-state index in [0.717, 1.165) is 62.9 Å². The number of rotatable bonds is 3. The molecule has 1 aliphatic heterocycles. The number of imidazole rings is 1. The molecule has 0 N–H and O–H groups in total. The SMILES string of the molecule is C=NC1CC(=C)[n+]2c(n(-c3c(-c4ccccc4)cccc3C(C)(C)C)c3ccccc32)-c2c(ccc3c2oc2ccccc23)CCC1C. The zero-order chi connectivity index (χ0) is 33.2. The number of fused-ring (bicyclic) bond motifs is 9. The molecule has 0 amide bonds. The standard InChI is InChI=1S/C44H42N3O/c1-28-23-24-31-25-26-34-33-17-10-13-22-39(33)48-42(34)40(31)43-46(29(2)27-36(28)45-6)37-20-11-12-21-38(37)47(43)41-32(30-15-8-7-9-16-30)18-14-19-35(41)44(3,4)5/h7-22,25-26,28,36H,2,6,23-24,27H2,1,3-5H3/q+1. The van der Waals surface area contributed by atoms with Crippen molar-refractivity contribution in [3.63, 3.8) is 0 Å². The smallest absolute Gasteiger partial charge is 0.304 e. The van der Waals surface area contributed by atoms with E-state index < -0.39 is 0 Å². The Labute approximate surface area is 282 Å². The van der Waals surface area contributed by atoms with Gasteiger partial charge in [-0.25, -0.2) is 0 Å². The molecule has 8 rings (SSSR count). The molecule has 4 heteroatoms. The van der Waals surface area contributed by atoms with Crippen LogP contribution in [0.2, 0.25) is 0 Å². The van der Waals surface area contributed by atoms with Crippen molar-refractivity contribution in [3.8, 4) is 28.2 Å². The first-order chi connectivity index (χ1) is 23.3. The minimum Gasteiger partial charge on any atom is -0.455 e. The van der Waals surface area contributed by atoms with Gasteiger partial charge in [0.15, 0.2) is 16.6 Å². The van der Waals surface area contributed by atoms with E-state index in [2.05, 4.69) is 158 Å². The fourth-order valence-corrected chi connectivity index (χ4v) is 7.82. The number of aryl methyl sites for hydroxylation is 1. The van der Waals surface area contributed by atoms with Crippen LogP contribution in [0.15, 0.2) is 125 Å². The van der Waals surface area contributed by atoms with Gasteiger partial charge in [0.2, 0.25) is 0 Å². The molecular formula is C44H42N3O+. The Morgan fingerprint density at radius 2 is 1.58 bits per heavy atom. The zero-order valence-electron chi connectivity index (χ0n) is 28.3. The van der Waals surface area contributed by atoms with Gasteiger partial charge in [0, 0.05) is 28.3 Å². The van der Waals surface area contributed by atoms with Crippen LogP contribution in [0.4, 0.5) is 0 Å². The maximum absolute atomic E-state index is 6.89. The fourth-order valence-electron chi connectivity index (χ4n) is 7.82. The van der Waals surface area contributed by atoms with E-state index in [-0.39, 0.29) is 11.5 Å². The van der Waals surface area contributed by atoms with Crippen LogP contribution < -0.4 is 4.57 Å². The molecular weight excluding hydrogens is 587 g/mol. The van der Waals surface area contributed by atoms with Crippen LogP contribution in [-0.4, -0.2) is 17.3 Å². The summed E-state index contributed by atoms with van der Waals surface area (Å²) < 4.78 is 11.8. The Morgan fingerprint density at radius 3 is 2.38 bits per heavy atom. The summed E-state index contributed by atoms with van der Waals surface area (Å²) in [6.45, 7) is 18.1. The summed E-state index contributed by atoms with van der Waals surface area (Å²) in [4.78, 5) is 4.66. The second-order valence-corrected chi connectivity index (χ2v) is 14.4. The van der Waals surface area contributed by atoms with Crippen molar-refractivity contribution in [3.05, 3.63) is 127 Å². The van der Waals surface area contributed by atoms with Gasteiger partial charge in [0.05, 0.1) is 6.04 Å². The normalized spacial score (nSPS) is 17.0. The molecule has 0 fully saturated rings. The number of aromatic nitrogens is 2. The molecule has 2 aromatic heterocycles. The van der Waals surface area contributed by atoms with Crippen molar-refractivity contribution in [2.24, 2.45) is 10.9 Å². The van der Waals surface area contributed by atoms with Crippen molar-refractivity contribution < 1.29 is 8.98 Å². The number of furan rings is 1. The van der Waals surface area contributed by atoms with Crippen LogP contribution in [0.1, 0.15) is 51.7 Å². The van der Waals surface area contributed by atoms with E-state index in [1.807, 2.05) is 0 Å². The van der Waals surface area contributed by atoms with E-state index in [0.29, 0.717) is 12.3 Å². The lowest BCUT2D eigenvalue weighted by atomic mass is 9.83. The molecule has 0 saturated heterocycles. The Hall–Kier alpha value is -5.22. The summed E-state index contributed by atoms with van der Waals surface area (Å²) in [5.74, 6) is 1.41. The summed E-state index contributed by atoms with van der Waals surface area (Å²) in [6.07, 6.45) is 2.61. The monoisotopic (exact) mass is 628 g/mol. The lowest BCUT2D eigenvalue weighted by Gasteiger charge is -2.25. The molecule has 0 radical (unpaired) electrons. The highest BCUT2D eigenvalue weighted by atomic mass is 16.3. The van der Waals surface area contributed by atoms with Crippen LogP contribution in [0.25, 0.3) is 66.9 Å². The molecule has 5 aromatic carbocycles. The summed E-state index contributed by atoms with van der Waals surface area (Å²) in [6, 6.07) is 39.3. The van der Waals surface area contributed by atoms with E-state index in [1.165, 1.54) is 27.9 Å². The van der Waals surface area contributed by atoms with Gasteiger partial charge in [-0.15, -0.1) is 0 Å². The van der Waals surface area contributed by atoms with Gasteiger partial charge in [0.1, 0.15) is 22.5 Å². The third-order valence-corrected chi connectivity index (χ3v) is 10.3. The minimum atomic E-state index is -0.141. The number of hydrogen-bond donors (Lipinski definition) is 0. The summed E-state index contributed by atoms with van der Waals surface area (Å²) in [5, 5.41) is 2.26. The number of nitrogens with zero attached hydrogens (tertiary/aromatic N) is 3. The zero-order valence-corrected chi connectivity index (χ0v) is 28.3. The molecule has 2 unspecified atom stereocenters. The average Bonchev–Trinajstić information content (AvgIpc) is 3.64. The Morgan fingerprint density at radius 1 is 0.833 bits per heavy atom. The van der Waals surface area contributed by atoms with Gasteiger partial charge >= 0.3 is 5.82 Å². The van der Waals surface area contributed by atoms with Crippen molar-refractivity contribution in [1.82, 2.24) is 4.57 Å². The van der Waals surface area contributed by atoms with Gasteiger partial charge in [-0.2, -0.15) is 9.13 Å². The molecule has 4 nitrogen and oxygen atoms in total. The number of benzene rings is 5. The molecule has 0 saturated carbocycles. The molecule has 3 heterocycles. The van der Waals surface area contributed by atoms with Crippen LogP contribution in [0.3, 0.4) is 0 Å². The Balaban J connectivity index is 1.61. The van der Waals surface area contributed by atoms with Gasteiger partial charge in [-0.1, -0.05) is 125 Å². The minimum absolute atomic E-state index is 0.0678. The highest BCUT2D eigenvalue weighted by Gasteiger charge is 2.38. The van der Waals surface area contributed by atoms with Gasteiger partial charge in [-0.05, 0) is 60.2 Å². The first-order valence-corrected chi connectivity index (χ1v) is 17.1. The average molecular weight is 629 g/mol. The van der Waals surface area contributed by atoms with Crippen molar-refractivity contribution >= 4 is 45.4 Å². The first-order valence-electron chi connectivity index (χ1n) is 17.1. The third-order valence-electron chi connectivity index (χ3n) is 10.3. The fraction of sp³-hybridized carbons (Fsp3) is 0.227. The van der Waals surface area contributed by atoms with Crippen LogP contribution in [0.5, 0.6) is 0 Å². The molecule has 0 bridgehead atoms. The summed E-state index contributed by atoms with van der Waals surface area (Å²) >= 11 is 0. The predicted octanol–water partition coefficient (Wildman–Crippen LogP) is 11.0. The van der Waals surface area contributed by atoms with E-state index in [9.17, 15) is 0 Å². The molecule has 2 atom stereocenters. The van der Waals surface area contributed by atoms with Gasteiger partial charge in [0.25, 0.3) is 0 Å². The second-order valence-electron chi connectivity index (χ2n) is 14.4. The molecule has 7 aromatic rings. The highest BCUT2D eigenvalue weighted by molar-refractivity contribution is 6.10. The van der Waals surface area contributed by atoms with Gasteiger partial charge < -0.3 is 4.42 Å². The maximum Gasteiger partial charge on any atom is 0.304 e. The Bertz CT molecular complexity index is 2370. The third kappa shape index (κ3) is 4.73. The number of aliphatic imine (C=N–C) groups is 1. The molecule has 238 valence electrons. The van der Waals surface area contributed by atoms with Crippen LogP contribution >= 0.6 is 0 Å². The van der Waals surface area contributed by atoms with Gasteiger partial charge in [-0.3, -0.25) is 4.99 Å². The quantitative estimate of drug-likeness (QED) is 0.142. The second kappa shape index (κ2) is 11.5. The maximum atomic E-state index is 6.89. The van der Waals surface area contributed by atoms with Crippen molar-refractivity contribution in [2.75, 3.05) is 0 Å². The van der Waals surface area contributed by atoms with E-state index >= 15 is 0 Å². The van der Waals surface area contributed by atoms with E-state index in [1.54, 1.807) is 0 Å². The first kappa shape index (κ1) is 30.1. The molecule has 0 spiro atoms. The molecule has 0 aliphatic carbocycles. The van der Waals surface area contributed by atoms with E-state index in [4.69, 9.17) is 11.0 Å². The highest BCUT2D eigenvalue weighted by Crippen LogP contribution is 2.45. The largest absolute Gasteiger partial charge is 0.455 e. The number of para-hydroxylation sites is 4. The Kier molecular flexibility index (Phi) is 7.21. The molecule has 48 heavy (non-hydrogen) atoms. The van der Waals surface area contributed by atoms with Crippen LogP contribution in [-0.2, 0) is 11.8 Å². The van der Waals surface area contributed by atoms with Crippen LogP contribution in [0, 0.1) is 5.92 Å². The number of hydrogen-bond acceptors (Lipinski definition) is 2. The van der Waals surface area contributed by atoms with Crippen molar-refractivity contribution in [1.29, 1.82) is 0 Å². The van der Waals surface area contributed by atoms with Crippen molar-refractivity contribution in [2.45, 2.75) is 58.4 Å². The predicted molar refractivity (Wildman–Crippen MR) is 201 cm³/mol. The lowest BCUT2D eigenvalue weighted by Crippen LogP contribution is -2.37. The topological polar surface area (TPSA) is 34.3 Å². The molecule has 1 aliphatic rings.